The molecule has 1 aliphatic rings. The number of ether oxygens (including phenoxy) is 1. The van der Waals surface area contributed by atoms with Crippen molar-refractivity contribution in [3.63, 3.8) is 0 Å². The van der Waals surface area contributed by atoms with Gasteiger partial charge in [0, 0.05) is 31.4 Å². The first kappa shape index (κ1) is 31.5. The molecule has 11 nitrogen and oxygen atoms in total. The number of nitrogens with one attached hydrogen (secondary N) is 1. The summed E-state index contributed by atoms with van der Waals surface area (Å²) in [7, 11) is -3.95. The minimum absolute atomic E-state index is 0.0195. The molecule has 1 aliphatic heterocycles. The monoisotopic (exact) mass is 575 g/mol. The third-order valence-corrected chi connectivity index (χ3v) is 8.56. The van der Waals surface area contributed by atoms with Gasteiger partial charge < -0.3 is 26.6 Å². The minimum atomic E-state index is -3.95. The molecule has 3 atom stereocenters. The fraction of sp³-hybridized carbons (Fsp3) is 0.500. The van der Waals surface area contributed by atoms with Gasteiger partial charge in [0.25, 0.3) is 0 Å². The predicted molar refractivity (Wildman–Crippen MR) is 153 cm³/mol. The topological polar surface area (TPSA) is 168 Å². The van der Waals surface area contributed by atoms with Crippen LogP contribution in [0.4, 0.5) is 5.69 Å². The Morgan fingerprint density at radius 2 is 1.75 bits per heavy atom. The van der Waals surface area contributed by atoms with Gasteiger partial charge in [0.2, 0.25) is 21.8 Å². The van der Waals surface area contributed by atoms with E-state index in [1.165, 1.54) is 28.6 Å². The van der Waals surface area contributed by atoms with Crippen LogP contribution in [0, 0.1) is 5.92 Å². The fourth-order valence-corrected chi connectivity index (χ4v) is 6.34. The fourth-order valence-electron chi connectivity index (χ4n) is 4.72. The third-order valence-electron chi connectivity index (χ3n) is 6.71. The molecule has 0 saturated carbocycles. The number of hydrogen-bond donors (Lipinski definition) is 4. The van der Waals surface area contributed by atoms with Gasteiger partial charge in [-0.3, -0.25) is 14.5 Å². The highest BCUT2D eigenvalue weighted by Crippen LogP contribution is 2.20. The first-order chi connectivity index (χ1) is 19.0. The molecule has 0 unspecified atom stereocenters. The van der Waals surface area contributed by atoms with E-state index in [1.54, 1.807) is 4.90 Å². The van der Waals surface area contributed by atoms with E-state index in [4.69, 9.17) is 16.2 Å². The van der Waals surface area contributed by atoms with Crippen molar-refractivity contribution in [2.24, 2.45) is 11.7 Å². The maximum atomic E-state index is 13.5. The average molecular weight is 576 g/mol. The Balaban J connectivity index is 1.82. The Kier molecular flexibility index (Phi) is 11.5. The van der Waals surface area contributed by atoms with E-state index < -0.39 is 34.0 Å². The van der Waals surface area contributed by atoms with Crippen molar-refractivity contribution in [3.05, 3.63) is 60.2 Å². The van der Waals surface area contributed by atoms with Crippen LogP contribution in [0.15, 0.2) is 59.5 Å². The molecule has 3 rings (SSSR count). The van der Waals surface area contributed by atoms with E-state index in [2.05, 4.69) is 5.32 Å². The van der Waals surface area contributed by atoms with Crippen molar-refractivity contribution in [1.82, 2.24) is 14.5 Å². The number of amides is 2. The number of benzene rings is 2. The zero-order valence-corrected chi connectivity index (χ0v) is 23.9. The lowest BCUT2D eigenvalue weighted by Gasteiger charge is -2.32. The molecule has 0 bridgehead atoms. The van der Waals surface area contributed by atoms with Gasteiger partial charge in [-0.05, 0) is 48.6 Å². The summed E-state index contributed by atoms with van der Waals surface area (Å²) in [5, 5.41) is 14.3. The molecule has 12 heteroatoms. The molecule has 2 aromatic carbocycles. The summed E-state index contributed by atoms with van der Waals surface area (Å²) in [5.41, 5.74) is 12.5. The lowest BCUT2D eigenvalue weighted by Crippen LogP contribution is -2.54. The van der Waals surface area contributed by atoms with E-state index in [0.29, 0.717) is 25.3 Å². The summed E-state index contributed by atoms with van der Waals surface area (Å²) in [4.78, 5) is 26.6. The second-order valence-corrected chi connectivity index (χ2v) is 12.5. The third kappa shape index (κ3) is 9.27. The number of anilines is 1. The number of primary amides is 1. The second kappa shape index (κ2) is 14.6. The van der Waals surface area contributed by atoms with E-state index in [9.17, 15) is 23.1 Å². The molecule has 1 heterocycles. The Bertz CT molecular complexity index is 1200. The number of hydrogen-bond acceptors (Lipinski definition) is 8. The summed E-state index contributed by atoms with van der Waals surface area (Å²) in [6, 6.07) is 14.3. The number of sulfonamides is 1. The van der Waals surface area contributed by atoms with Crippen LogP contribution < -0.4 is 16.8 Å². The normalized spacial score (nSPS) is 17.3. The van der Waals surface area contributed by atoms with Gasteiger partial charge in [-0.15, -0.1) is 0 Å². The molecular weight excluding hydrogens is 534 g/mol. The Morgan fingerprint density at radius 1 is 1.07 bits per heavy atom. The molecule has 2 aromatic rings. The number of carbonyl (C=O) groups is 2. The number of aliphatic hydroxyl groups is 1. The van der Waals surface area contributed by atoms with Crippen molar-refractivity contribution in [2.45, 2.75) is 49.8 Å². The molecule has 1 saturated heterocycles. The molecule has 6 N–H and O–H groups in total. The number of nitrogens with zero attached hydrogens (tertiary/aromatic N) is 2. The maximum Gasteiger partial charge on any atom is 0.243 e. The molecule has 2 amide bonds. The summed E-state index contributed by atoms with van der Waals surface area (Å²) < 4.78 is 33.7. The lowest BCUT2D eigenvalue weighted by molar-refractivity contribution is -0.126. The Hall–Kier alpha value is -3.03. The summed E-state index contributed by atoms with van der Waals surface area (Å²) in [6.07, 6.45) is -0.289. The molecule has 0 spiro atoms. The number of nitrogens with two attached hydrogens (primary N) is 2. The predicted octanol–water partition coefficient (Wildman–Crippen LogP) is 0.580. The number of aliphatic hydroxyl groups excluding tert-OH is 1. The summed E-state index contributed by atoms with van der Waals surface area (Å²) >= 11 is 0. The summed E-state index contributed by atoms with van der Waals surface area (Å²) in [6.45, 7) is 4.43. The van der Waals surface area contributed by atoms with E-state index in [1.807, 2.05) is 44.2 Å². The zero-order valence-electron chi connectivity index (χ0n) is 23.1. The summed E-state index contributed by atoms with van der Waals surface area (Å²) in [5.74, 6) is -0.989. The van der Waals surface area contributed by atoms with Crippen LogP contribution in [0.1, 0.15) is 25.8 Å². The van der Waals surface area contributed by atoms with E-state index >= 15 is 0 Å². The quantitative estimate of drug-likeness (QED) is 0.224. The van der Waals surface area contributed by atoms with Crippen LogP contribution in [-0.2, 0) is 30.8 Å². The Labute approximate surface area is 236 Å². The lowest BCUT2D eigenvalue weighted by atomic mass is 10.0. The van der Waals surface area contributed by atoms with Crippen molar-refractivity contribution < 1.29 is 27.9 Å². The smallest absolute Gasteiger partial charge is 0.243 e. The van der Waals surface area contributed by atoms with Gasteiger partial charge in [0.15, 0.2) is 0 Å². The first-order valence-corrected chi connectivity index (χ1v) is 14.9. The van der Waals surface area contributed by atoms with Crippen LogP contribution >= 0.6 is 0 Å². The second-order valence-electron chi connectivity index (χ2n) is 10.6. The van der Waals surface area contributed by atoms with Crippen molar-refractivity contribution in [1.29, 1.82) is 0 Å². The molecule has 0 aliphatic carbocycles. The van der Waals surface area contributed by atoms with E-state index in [-0.39, 0.29) is 49.5 Å². The number of carbonyl (C=O) groups excluding carboxylic acids is 2. The SMILES string of the molecule is CC(C)CN(C[C@@H](O)[C@H](Cc1ccccc1)NC(=O)CN(CC(N)=O)[C@@H]1CCOC1)S(=O)(=O)c1ccc(N)cc1. The standard InChI is InChI=1S/C28H41N5O6S/c1-20(2)15-33(40(37,38)24-10-8-22(29)9-11-24)16-26(34)25(14-21-6-4-3-5-7-21)31-28(36)18-32(17-27(30)35)23-12-13-39-19-23/h3-11,20,23,25-26,34H,12-19,29H2,1-2H3,(H2,30,35)(H,31,36)/t23-,25+,26-/m1/s1. The van der Waals surface area contributed by atoms with Gasteiger partial charge in [0.05, 0.1) is 36.7 Å². The molecule has 220 valence electrons. The number of nitrogen functional groups attached to an aromatic ring is 1. The largest absolute Gasteiger partial charge is 0.399 e. The van der Waals surface area contributed by atoms with Gasteiger partial charge in [0.1, 0.15) is 0 Å². The van der Waals surface area contributed by atoms with E-state index in [0.717, 1.165) is 5.56 Å². The van der Waals surface area contributed by atoms with Crippen LogP contribution in [0.3, 0.4) is 0 Å². The van der Waals surface area contributed by atoms with Crippen molar-refractivity contribution in [3.8, 4) is 0 Å². The molecular formula is C28H41N5O6S. The number of rotatable bonds is 15. The Morgan fingerprint density at radius 3 is 2.33 bits per heavy atom. The van der Waals surface area contributed by atoms with Crippen LogP contribution in [0.5, 0.6) is 0 Å². The molecule has 0 aromatic heterocycles. The van der Waals surface area contributed by atoms with Crippen LogP contribution in [0.25, 0.3) is 0 Å². The van der Waals surface area contributed by atoms with Crippen LogP contribution in [0.2, 0.25) is 0 Å². The van der Waals surface area contributed by atoms with Gasteiger partial charge >= 0.3 is 0 Å². The molecule has 1 fully saturated rings. The van der Waals surface area contributed by atoms with Crippen molar-refractivity contribution in [2.75, 3.05) is 45.1 Å². The van der Waals surface area contributed by atoms with Gasteiger partial charge in [-0.1, -0.05) is 44.2 Å². The highest BCUT2D eigenvalue weighted by Gasteiger charge is 2.32. The first-order valence-electron chi connectivity index (χ1n) is 13.4. The highest BCUT2D eigenvalue weighted by molar-refractivity contribution is 7.89. The minimum Gasteiger partial charge on any atom is -0.399 e. The van der Waals surface area contributed by atoms with Crippen LogP contribution in [-0.4, -0.2) is 92.1 Å². The maximum absolute atomic E-state index is 13.5. The average Bonchev–Trinajstić information content (AvgIpc) is 3.43. The molecule has 40 heavy (non-hydrogen) atoms. The zero-order chi connectivity index (χ0) is 29.3. The highest BCUT2D eigenvalue weighted by atomic mass is 32.2. The van der Waals surface area contributed by atoms with Crippen molar-refractivity contribution >= 4 is 27.5 Å². The molecule has 0 radical (unpaired) electrons. The van der Waals surface area contributed by atoms with Gasteiger partial charge in [-0.25, -0.2) is 8.42 Å². The van der Waals surface area contributed by atoms with Gasteiger partial charge in [-0.2, -0.15) is 4.31 Å².